The van der Waals surface area contributed by atoms with Crippen molar-refractivity contribution in [3.05, 3.63) is 23.8 Å². The van der Waals surface area contributed by atoms with Gasteiger partial charge in [-0.2, -0.15) is 4.31 Å². The zero-order valence-electron chi connectivity index (χ0n) is 19.1. The summed E-state index contributed by atoms with van der Waals surface area (Å²) in [6.45, 7) is 12.0. The fourth-order valence-corrected chi connectivity index (χ4v) is 5.56. The maximum Gasteiger partial charge on any atom is 0.243 e. The fourth-order valence-electron chi connectivity index (χ4n) is 4.10. The molecule has 1 aromatic rings. The molecule has 0 aromatic heterocycles. The van der Waals surface area contributed by atoms with E-state index in [2.05, 4.69) is 26.1 Å². The maximum atomic E-state index is 12.9. The number of aryl methyl sites for hydroxylation is 1. The molecule has 0 bridgehead atoms. The van der Waals surface area contributed by atoms with Gasteiger partial charge in [-0.05, 0) is 55.9 Å². The van der Waals surface area contributed by atoms with Crippen LogP contribution in [-0.2, 0) is 26.0 Å². The quantitative estimate of drug-likeness (QED) is 0.672. The number of rotatable bonds is 8. The first-order valence-corrected chi connectivity index (χ1v) is 11.8. The van der Waals surface area contributed by atoms with Gasteiger partial charge >= 0.3 is 0 Å². The Morgan fingerprint density at radius 1 is 1.17 bits per heavy atom. The molecule has 0 spiro atoms. The molecule has 2 rings (SSSR count). The summed E-state index contributed by atoms with van der Waals surface area (Å²) in [6.07, 6.45) is 1.50. The Morgan fingerprint density at radius 2 is 1.80 bits per heavy atom. The van der Waals surface area contributed by atoms with Crippen LogP contribution in [0.4, 0.5) is 0 Å². The third-order valence-corrected chi connectivity index (χ3v) is 6.83. The second-order valence-electron chi connectivity index (χ2n) is 9.66. The maximum absolute atomic E-state index is 12.9. The number of carbonyl (C=O) groups is 1. The van der Waals surface area contributed by atoms with Crippen molar-refractivity contribution in [2.45, 2.75) is 64.3 Å². The number of sulfonamides is 1. The van der Waals surface area contributed by atoms with Crippen LogP contribution in [0.3, 0.4) is 0 Å². The molecule has 0 radical (unpaired) electrons. The van der Waals surface area contributed by atoms with Crippen LogP contribution in [0.1, 0.15) is 53.0 Å². The second-order valence-corrected chi connectivity index (χ2v) is 11.6. The van der Waals surface area contributed by atoms with Gasteiger partial charge in [0.2, 0.25) is 15.9 Å². The summed E-state index contributed by atoms with van der Waals surface area (Å²) in [4.78, 5) is 12.8. The molecule has 1 amide bonds. The van der Waals surface area contributed by atoms with Crippen LogP contribution in [0.15, 0.2) is 23.1 Å². The lowest BCUT2D eigenvalue weighted by molar-refractivity contribution is -0.122. The van der Waals surface area contributed by atoms with Gasteiger partial charge in [0, 0.05) is 25.0 Å². The van der Waals surface area contributed by atoms with Gasteiger partial charge in [-0.3, -0.25) is 4.79 Å². The number of methoxy groups -OCH3 is 1. The van der Waals surface area contributed by atoms with Gasteiger partial charge in [0.05, 0.1) is 25.2 Å². The summed E-state index contributed by atoms with van der Waals surface area (Å²) in [7, 11) is -2.06. The summed E-state index contributed by atoms with van der Waals surface area (Å²) >= 11 is 0. The summed E-state index contributed by atoms with van der Waals surface area (Å²) in [5, 5.41) is 3.10. The molecule has 0 atom stereocenters. The first kappa shape index (κ1) is 24.6. The highest BCUT2D eigenvalue weighted by atomic mass is 32.2. The number of amides is 1. The number of hydrogen-bond acceptors (Lipinski definition) is 5. The molecule has 1 aliphatic rings. The zero-order valence-corrected chi connectivity index (χ0v) is 19.9. The molecule has 8 heteroatoms. The van der Waals surface area contributed by atoms with Crippen molar-refractivity contribution >= 4 is 15.9 Å². The second kappa shape index (κ2) is 9.66. The number of nitrogens with one attached hydrogen (secondary N) is 1. The Balaban J connectivity index is 2.11. The highest BCUT2D eigenvalue weighted by molar-refractivity contribution is 7.89. The van der Waals surface area contributed by atoms with E-state index < -0.39 is 10.0 Å². The largest absolute Gasteiger partial charge is 0.496 e. The Labute approximate surface area is 181 Å². The van der Waals surface area contributed by atoms with Gasteiger partial charge in [0.25, 0.3) is 0 Å². The van der Waals surface area contributed by atoms with Gasteiger partial charge in [-0.1, -0.05) is 20.8 Å². The average Bonchev–Trinajstić information content (AvgIpc) is 2.64. The minimum atomic E-state index is -3.60. The van der Waals surface area contributed by atoms with E-state index in [0.717, 1.165) is 6.42 Å². The van der Waals surface area contributed by atoms with Crippen molar-refractivity contribution in [3.63, 3.8) is 0 Å². The fraction of sp³-hybridized carbons (Fsp3) is 0.682. The topological polar surface area (TPSA) is 84.9 Å². The van der Waals surface area contributed by atoms with Gasteiger partial charge in [-0.25, -0.2) is 8.42 Å². The molecule has 1 heterocycles. The van der Waals surface area contributed by atoms with E-state index in [1.165, 1.54) is 4.31 Å². The Bertz CT molecular complexity index is 838. The molecule has 1 saturated heterocycles. The van der Waals surface area contributed by atoms with Crippen LogP contribution in [-0.4, -0.2) is 57.6 Å². The molecule has 1 aliphatic heterocycles. The highest BCUT2D eigenvalue weighted by Crippen LogP contribution is 2.28. The molecule has 30 heavy (non-hydrogen) atoms. The van der Waals surface area contributed by atoms with E-state index in [4.69, 9.17) is 9.47 Å². The molecule has 1 fully saturated rings. The van der Waals surface area contributed by atoms with Crippen molar-refractivity contribution in [1.82, 2.24) is 9.62 Å². The number of carbonyl (C=O) groups excluding carboxylic acids is 1. The number of hydrogen-bond donors (Lipinski definition) is 1. The number of ether oxygens (including phenoxy) is 2. The van der Waals surface area contributed by atoms with E-state index in [9.17, 15) is 13.2 Å². The summed E-state index contributed by atoms with van der Waals surface area (Å²) in [5.74, 6) is 0.519. The Kier molecular flexibility index (Phi) is 7.93. The van der Waals surface area contributed by atoms with Crippen LogP contribution in [0.2, 0.25) is 0 Å². The SMILES string of the molecule is COc1ccc(S(=O)(=O)N2CCOCC2)cc1CCC(=O)NC(C)(C)CC(C)(C)C. The van der Waals surface area contributed by atoms with Crippen LogP contribution in [0.5, 0.6) is 5.75 Å². The Morgan fingerprint density at radius 3 is 2.37 bits per heavy atom. The van der Waals surface area contributed by atoms with Crippen molar-refractivity contribution in [3.8, 4) is 5.75 Å². The van der Waals surface area contributed by atoms with E-state index in [0.29, 0.717) is 44.0 Å². The molecule has 7 nitrogen and oxygen atoms in total. The van der Waals surface area contributed by atoms with Crippen LogP contribution in [0, 0.1) is 5.41 Å². The summed E-state index contributed by atoms with van der Waals surface area (Å²) < 4.78 is 38.0. The predicted molar refractivity (Wildman–Crippen MR) is 117 cm³/mol. The number of benzene rings is 1. The van der Waals surface area contributed by atoms with Crippen LogP contribution >= 0.6 is 0 Å². The number of nitrogens with zero attached hydrogens (tertiary/aromatic N) is 1. The van der Waals surface area contributed by atoms with E-state index in [-0.39, 0.29) is 28.2 Å². The van der Waals surface area contributed by atoms with Crippen molar-refractivity contribution in [2.75, 3.05) is 33.4 Å². The lowest BCUT2D eigenvalue weighted by Crippen LogP contribution is -2.45. The third kappa shape index (κ3) is 6.96. The molecule has 170 valence electrons. The highest BCUT2D eigenvalue weighted by Gasteiger charge is 2.28. The molecular weight excluding hydrogens is 404 g/mol. The van der Waals surface area contributed by atoms with Gasteiger partial charge in [0.1, 0.15) is 5.75 Å². The monoisotopic (exact) mass is 440 g/mol. The van der Waals surface area contributed by atoms with Crippen LogP contribution < -0.4 is 10.1 Å². The van der Waals surface area contributed by atoms with E-state index in [1.54, 1.807) is 25.3 Å². The van der Waals surface area contributed by atoms with Gasteiger partial charge < -0.3 is 14.8 Å². The van der Waals surface area contributed by atoms with E-state index in [1.807, 2.05) is 13.8 Å². The molecule has 1 aromatic carbocycles. The van der Waals surface area contributed by atoms with E-state index >= 15 is 0 Å². The standard InChI is InChI=1S/C22H36N2O5S/c1-21(2,3)16-22(4,5)23-20(25)10-7-17-15-18(8-9-19(17)28-6)30(26,27)24-11-13-29-14-12-24/h8-9,15H,7,10-14,16H2,1-6H3,(H,23,25). The molecule has 0 aliphatic carbocycles. The molecule has 0 saturated carbocycles. The summed E-state index contributed by atoms with van der Waals surface area (Å²) in [6, 6.07) is 4.83. The van der Waals surface area contributed by atoms with Gasteiger partial charge in [-0.15, -0.1) is 0 Å². The minimum absolute atomic E-state index is 0.0623. The van der Waals surface area contributed by atoms with Gasteiger partial charge in [0.15, 0.2) is 0 Å². The third-order valence-electron chi connectivity index (χ3n) is 4.93. The molecule has 1 N–H and O–H groups in total. The summed E-state index contributed by atoms with van der Waals surface area (Å²) in [5.41, 5.74) is 0.485. The zero-order chi connectivity index (χ0) is 22.6. The molecular formula is C22H36N2O5S. The van der Waals surface area contributed by atoms with Crippen LogP contribution in [0.25, 0.3) is 0 Å². The lowest BCUT2D eigenvalue weighted by Gasteiger charge is -2.33. The predicted octanol–water partition coefficient (Wildman–Crippen LogP) is 2.98. The first-order valence-electron chi connectivity index (χ1n) is 10.4. The smallest absolute Gasteiger partial charge is 0.243 e. The number of morpholine rings is 1. The minimum Gasteiger partial charge on any atom is -0.496 e. The first-order chi connectivity index (χ1) is 13.8. The molecule has 0 unspecified atom stereocenters. The lowest BCUT2D eigenvalue weighted by atomic mass is 9.81. The van der Waals surface area contributed by atoms with Crippen molar-refractivity contribution < 1.29 is 22.7 Å². The average molecular weight is 441 g/mol. The van der Waals surface area contributed by atoms with Crippen molar-refractivity contribution in [2.24, 2.45) is 5.41 Å². The normalized spacial score (nSPS) is 16.3. The van der Waals surface area contributed by atoms with Crippen molar-refractivity contribution in [1.29, 1.82) is 0 Å². The Hall–Kier alpha value is -1.64.